The molecule has 3 aromatic rings. The molecule has 0 aliphatic carbocycles. The predicted octanol–water partition coefficient (Wildman–Crippen LogP) is 3.86. The quantitative estimate of drug-likeness (QED) is 0.710. The molecule has 136 valence electrons. The lowest BCUT2D eigenvalue weighted by Crippen LogP contribution is -2.30. The number of halogens is 1. The minimum absolute atomic E-state index is 0.0930. The highest BCUT2D eigenvalue weighted by Crippen LogP contribution is 2.26. The van der Waals surface area contributed by atoms with E-state index in [2.05, 4.69) is 15.3 Å². The van der Waals surface area contributed by atoms with Crippen molar-refractivity contribution in [3.05, 3.63) is 63.0 Å². The second-order valence-electron chi connectivity index (χ2n) is 6.72. The van der Waals surface area contributed by atoms with Crippen LogP contribution in [0.2, 0.25) is 5.02 Å². The van der Waals surface area contributed by atoms with E-state index in [1.54, 1.807) is 31.2 Å². The second-order valence-corrected chi connectivity index (χ2v) is 7.16. The molecule has 0 saturated carbocycles. The van der Waals surface area contributed by atoms with Crippen molar-refractivity contribution >= 4 is 28.5 Å². The van der Waals surface area contributed by atoms with E-state index in [9.17, 15) is 9.59 Å². The van der Waals surface area contributed by atoms with Gasteiger partial charge in [0.15, 0.2) is 0 Å². The van der Waals surface area contributed by atoms with E-state index < -0.39 is 11.6 Å². The number of aromatic nitrogens is 2. The van der Waals surface area contributed by atoms with Crippen molar-refractivity contribution in [2.45, 2.75) is 33.2 Å². The number of benzene rings is 1. The third-order valence-electron chi connectivity index (χ3n) is 3.93. The lowest BCUT2D eigenvalue weighted by atomic mass is 10.1. The van der Waals surface area contributed by atoms with Gasteiger partial charge in [0, 0.05) is 16.1 Å². The molecular formula is C19H20ClN3O3. The molecule has 0 unspecified atom stereocenters. The number of aromatic amines is 1. The first-order valence-corrected chi connectivity index (χ1v) is 8.79. The average molecular weight is 374 g/mol. The number of amides is 1. The predicted molar refractivity (Wildman–Crippen MR) is 101 cm³/mol. The van der Waals surface area contributed by atoms with Crippen LogP contribution < -0.4 is 11.0 Å². The van der Waals surface area contributed by atoms with Gasteiger partial charge in [0.1, 0.15) is 17.0 Å². The van der Waals surface area contributed by atoms with Crippen molar-refractivity contribution in [2.24, 2.45) is 5.92 Å². The van der Waals surface area contributed by atoms with Gasteiger partial charge in [-0.1, -0.05) is 25.4 Å². The first kappa shape index (κ1) is 18.2. The van der Waals surface area contributed by atoms with Crippen molar-refractivity contribution in [3.63, 3.8) is 0 Å². The van der Waals surface area contributed by atoms with E-state index >= 15 is 0 Å². The Kier molecular flexibility index (Phi) is 5.13. The van der Waals surface area contributed by atoms with Crippen LogP contribution in [0, 0.1) is 5.92 Å². The molecule has 7 heteroatoms. The molecule has 0 spiro atoms. The second kappa shape index (κ2) is 7.33. The van der Waals surface area contributed by atoms with Crippen molar-refractivity contribution in [1.29, 1.82) is 0 Å². The summed E-state index contributed by atoms with van der Waals surface area (Å²) in [6.45, 7) is 5.88. The van der Waals surface area contributed by atoms with Crippen molar-refractivity contribution < 1.29 is 9.21 Å². The topological polar surface area (TPSA) is 88.0 Å². The molecule has 6 nitrogen and oxygen atoms in total. The molecule has 0 saturated heterocycles. The van der Waals surface area contributed by atoms with Crippen LogP contribution in [0.4, 0.5) is 0 Å². The lowest BCUT2D eigenvalue weighted by Gasteiger charge is -2.11. The molecule has 0 bridgehead atoms. The van der Waals surface area contributed by atoms with E-state index in [-0.39, 0.29) is 11.7 Å². The molecule has 0 aliphatic rings. The first-order chi connectivity index (χ1) is 12.3. The Hall–Kier alpha value is -2.60. The number of carbonyl (C=O) groups excluding carboxylic acids is 1. The number of hydrogen-bond donors (Lipinski definition) is 2. The van der Waals surface area contributed by atoms with E-state index in [4.69, 9.17) is 16.0 Å². The average Bonchev–Trinajstić information content (AvgIpc) is 2.96. The third-order valence-corrected chi connectivity index (χ3v) is 4.17. The number of nitrogens with zero attached hydrogens (tertiary/aromatic N) is 1. The highest BCUT2D eigenvalue weighted by molar-refractivity contribution is 6.31. The van der Waals surface area contributed by atoms with Gasteiger partial charge in [0.2, 0.25) is 0 Å². The normalized spacial score (nSPS) is 12.5. The molecular weight excluding hydrogens is 354 g/mol. The Morgan fingerprint density at radius 1 is 1.27 bits per heavy atom. The Bertz CT molecular complexity index is 1010. The lowest BCUT2D eigenvalue weighted by molar-refractivity contribution is 0.0930. The van der Waals surface area contributed by atoms with Crippen LogP contribution in [0.25, 0.3) is 11.0 Å². The van der Waals surface area contributed by atoms with Gasteiger partial charge in [0.05, 0.1) is 6.04 Å². The van der Waals surface area contributed by atoms with Gasteiger partial charge >= 0.3 is 5.69 Å². The van der Waals surface area contributed by atoms with E-state index in [1.807, 2.05) is 19.9 Å². The maximum Gasteiger partial charge on any atom is 0.345 e. The minimum Gasteiger partial charge on any atom is -0.459 e. The van der Waals surface area contributed by atoms with Crippen LogP contribution in [0.5, 0.6) is 0 Å². The van der Waals surface area contributed by atoms with Crippen molar-refractivity contribution in [2.75, 3.05) is 0 Å². The smallest absolute Gasteiger partial charge is 0.345 e. The summed E-state index contributed by atoms with van der Waals surface area (Å²) in [5.41, 5.74) is 0.949. The maximum atomic E-state index is 12.5. The fourth-order valence-electron chi connectivity index (χ4n) is 2.76. The Labute approximate surface area is 155 Å². The fraction of sp³-hybridized carbons (Fsp3) is 0.316. The van der Waals surface area contributed by atoms with E-state index in [0.717, 1.165) is 5.39 Å². The van der Waals surface area contributed by atoms with Gasteiger partial charge in [-0.2, -0.15) is 4.98 Å². The zero-order valence-electron chi connectivity index (χ0n) is 14.8. The van der Waals surface area contributed by atoms with E-state index in [0.29, 0.717) is 34.4 Å². The van der Waals surface area contributed by atoms with E-state index in [1.165, 1.54) is 0 Å². The molecule has 1 atom stereocenters. The summed E-state index contributed by atoms with van der Waals surface area (Å²) < 4.78 is 5.76. The molecule has 2 heterocycles. The maximum absolute atomic E-state index is 12.5. The number of carbonyl (C=O) groups is 1. The van der Waals surface area contributed by atoms with Crippen LogP contribution in [0.1, 0.15) is 48.8 Å². The van der Waals surface area contributed by atoms with Crippen molar-refractivity contribution in [1.82, 2.24) is 15.3 Å². The minimum atomic E-state index is -0.528. The SMILES string of the molecule is CC(C)Cc1cc(C(=O)N[C@H](C)c2cc3cc(Cl)ccc3o2)nc(=O)[nH]1. The summed E-state index contributed by atoms with van der Waals surface area (Å²) in [7, 11) is 0. The molecule has 0 fully saturated rings. The van der Waals surface area contributed by atoms with Gasteiger partial charge < -0.3 is 14.7 Å². The molecule has 0 aliphatic heterocycles. The molecule has 2 N–H and O–H groups in total. The summed E-state index contributed by atoms with van der Waals surface area (Å²) >= 11 is 5.99. The molecule has 3 rings (SSSR count). The number of hydrogen-bond acceptors (Lipinski definition) is 4. The van der Waals surface area contributed by atoms with Gasteiger partial charge in [-0.25, -0.2) is 4.79 Å². The highest BCUT2D eigenvalue weighted by atomic mass is 35.5. The number of nitrogens with one attached hydrogen (secondary N) is 2. The van der Waals surface area contributed by atoms with Gasteiger partial charge in [-0.15, -0.1) is 0 Å². The summed E-state index contributed by atoms with van der Waals surface area (Å²) in [6, 6.07) is 8.39. The third kappa shape index (κ3) is 4.14. The summed E-state index contributed by atoms with van der Waals surface area (Å²) in [5, 5.41) is 4.30. The summed E-state index contributed by atoms with van der Waals surface area (Å²) in [5.74, 6) is 0.528. The molecule has 2 aromatic heterocycles. The molecule has 1 aromatic carbocycles. The Morgan fingerprint density at radius 3 is 2.77 bits per heavy atom. The van der Waals surface area contributed by atoms with Gasteiger partial charge in [-0.05, 0) is 49.6 Å². The largest absolute Gasteiger partial charge is 0.459 e. The Balaban J connectivity index is 1.80. The van der Waals surface area contributed by atoms with Crippen LogP contribution in [-0.2, 0) is 6.42 Å². The Morgan fingerprint density at radius 2 is 2.04 bits per heavy atom. The highest BCUT2D eigenvalue weighted by Gasteiger charge is 2.17. The zero-order chi connectivity index (χ0) is 18.8. The molecule has 1 amide bonds. The van der Waals surface area contributed by atoms with Crippen LogP contribution in [-0.4, -0.2) is 15.9 Å². The molecule has 0 radical (unpaired) electrons. The first-order valence-electron chi connectivity index (χ1n) is 8.42. The number of fused-ring (bicyclic) bond motifs is 1. The van der Waals surface area contributed by atoms with Crippen LogP contribution >= 0.6 is 11.6 Å². The zero-order valence-corrected chi connectivity index (χ0v) is 15.6. The van der Waals surface area contributed by atoms with Gasteiger partial charge in [0.25, 0.3) is 5.91 Å². The van der Waals surface area contributed by atoms with Crippen LogP contribution in [0.15, 0.2) is 39.5 Å². The fourth-order valence-corrected chi connectivity index (χ4v) is 2.94. The monoisotopic (exact) mass is 373 g/mol. The number of H-pyrrole nitrogens is 1. The van der Waals surface area contributed by atoms with Crippen LogP contribution in [0.3, 0.4) is 0 Å². The summed E-state index contributed by atoms with van der Waals surface area (Å²) in [6.07, 6.45) is 0.665. The van der Waals surface area contributed by atoms with Gasteiger partial charge in [-0.3, -0.25) is 4.79 Å². The standard InChI is InChI=1S/C19H20ClN3O3/c1-10(2)6-14-9-15(23-19(25)22-14)18(24)21-11(3)17-8-12-7-13(20)4-5-16(12)26-17/h4-5,7-11H,6H2,1-3H3,(H,21,24)(H,22,23,25)/t11-/m1/s1. The van der Waals surface area contributed by atoms with Crippen molar-refractivity contribution in [3.8, 4) is 0 Å². The number of furan rings is 1. The number of rotatable bonds is 5. The molecule has 26 heavy (non-hydrogen) atoms. The summed E-state index contributed by atoms with van der Waals surface area (Å²) in [4.78, 5) is 30.7.